The maximum atomic E-state index is 12.5. The Morgan fingerprint density at radius 1 is 1.10 bits per heavy atom. The van der Waals surface area contributed by atoms with Crippen molar-refractivity contribution in [2.24, 2.45) is 0 Å². The van der Waals surface area contributed by atoms with E-state index in [1.54, 1.807) is 0 Å². The van der Waals surface area contributed by atoms with E-state index in [1.807, 2.05) is 65.8 Å². The van der Waals surface area contributed by atoms with Crippen LogP contribution in [0.25, 0.3) is 22.5 Å². The number of benzene rings is 2. The van der Waals surface area contributed by atoms with Crippen molar-refractivity contribution >= 4 is 17.5 Å². The SMILES string of the molecule is CCCN1CC(n2cnc(-c3ccccc3)c2-c2ccc(NC(C)=O)cc2)CC1=O. The summed E-state index contributed by atoms with van der Waals surface area (Å²) in [4.78, 5) is 30.5. The predicted molar refractivity (Wildman–Crippen MR) is 118 cm³/mol. The van der Waals surface area contributed by atoms with Crippen molar-refractivity contribution in [3.63, 3.8) is 0 Å². The number of anilines is 1. The first-order chi connectivity index (χ1) is 14.6. The number of rotatable bonds is 6. The number of imidazole rings is 1. The molecule has 2 heterocycles. The highest BCUT2D eigenvalue weighted by Crippen LogP contribution is 2.36. The van der Waals surface area contributed by atoms with Gasteiger partial charge >= 0.3 is 0 Å². The van der Waals surface area contributed by atoms with Gasteiger partial charge in [0.2, 0.25) is 11.8 Å². The molecule has 1 aromatic heterocycles. The van der Waals surface area contributed by atoms with Crippen molar-refractivity contribution in [2.45, 2.75) is 32.7 Å². The standard InChI is InChI=1S/C24H26N4O2/c1-3-13-27-15-21(14-22(27)30)28-16-25-23(18-7-5-4-6-8-18)24(28)19-9-11-20(12-10-19)26-17(2)29/h4-12,16,21H,3,13-15H2,1-2H3,(H,26,29). The van der Waals surface area contributed by atoms with E-state index in [1.165, 1.54) is 6.92 Å². The monoisotopic (exact) mass is 402 g/mol. The van der Waals surface area contributed by atoms with Gasteiger partial charge in [0, 0.05) is 43.2 Å². The van der Waals surface area contributed by atoms with Gasteiger partial charge in [0.25, 0.3) is 0 Å². The Balaban J connectivity index is 1.76. The molecule has 6 nitrogen and oxygen atoms in total. The average molecular weight is 402 g/mol. The lowest BCUT2D eigenvalue weighted by Crippen LogP contribution is -2.26. The van der Waals surface area contributed by atoms with Crippen molar-refractivity contribution in [3.8, 4) is 22.5 Å². The molecule has 1 aliphatic heterocycles. The van der Waals surface area contributed by atoms with Gasteiger partial charge in [0.1, 0.15) is 0 Å². The molecule has 6 heteroatoms. The molecular weight excluding hydrogens is 376 g/mol. The van der Waals surface area contributed by atoms with Crippen molar-refractivity contribution in [2.75, 3.05) is 18.4 Å². The van der Waals surface area contributed by atoms with Gasteiger partial charge in [-0.05, 0) is 18.6 Å². The van der Waals surface area contributed by atoms with Gasteiger partial charge in [-0.15, -0.1) is 0 Å². The van der Waals surface area contributed by atoms with Crippen LogP contribution in [0.3, 0.4) is 0 Å². The van der Waals surface area contributed by atoms with Gasteiger partial charge in [-0.1, -0.05) is 49.4 Å². The minimum Gasteiger partial charge on any atom is -0.341 e. The van der Waals surface area contributed by atoms with Crippen LogP contribution >= 0.6 is 0 Å². The molecule has 0 radical (unpaired) electrons. The summed E-state index contributed by atoms with van der Waals surface area (Å²) in [5, 5.41) is 2.81. The lowest BCUT2D eigenvalue weighted by Gasteiger charge is -2.18. The first-order valence-corrected chi connectivity index (χ1v) is 10.3. The number of nitrogens with zero attached hydrogens (tertiary/aromatic N) is 3. The van der Waals surface area contributed by atoms with Crippen LogP contribution in [-0.2, 0) is 9.59 Å². The topological polar surface area (TPSA) is 67.2 Å². The van der Waals surface area contributed by atoms with Gasteiger partial charge in [0.05, 0.1) is 23.8 Å². The number of hydrogen-bond acceptors (Lipinski definition) is 3. The number of likely N-dealkylation sites (tertiary alicyclic amines) is 1. The van der Waals surface area contributed by atoms with E-state index < -0.39 is 0 Å². The molecule has 1 N–H and O–H groups in total. The second-order valence-corrected chi connectivity index (χ2v) is 7.67. The summed E-state index contributed by atoms with van der Waals surface area (Å²) in [6, 6.07) is 17.9. The molecule has 2 amide bonds. The highest BCUT2D eigenvalue weighted by atomic mass is 16.2. The number of hydrogen-bond donors (Lipinski definition) is 1. The summed E-state index contributed by atoms with van der Waals surface area (Å²) in [5.74, 6) is 0.0991. The van der Waals surface area contributed by atoms with Crippen molar-refractivity contribution in [1.29, 1.82) is 0 Å². The Morgan fingerprint density at radius 2 is 1.83 bits per heavy atom. The van der Waals surface area contributed by atoms with Crippen LogP contribution in [0.1, 0.15) is 32.7 Å². The van der Waals surface area contributed by atoms with E-state index in [0.29, 0.717) is 13.0 Å². The molecule has 1 fully saturated rings. The molecule has 154 valence electrons. The summed E-state index contributed by atoms with van der Waals surface area (Å²) >= 11 is 0. The molecule has 30 heavy (non-hydrogen) atoms. The summed E-state index contributed by atoms with van der Waals surface area (Å²) in [7, 11) is 0. The van der Waals surface area contributed by atoms with E-state index in [2.05, 4.69) is 16.8 Å². The minimum atomic E-state index is -0.0988. The zero-order valence-corrected chi connectivity index (χ0v) is 17.3. The van der Waals surface area contributed by atoms with Gasteiger partial charge < -0.3 is 14.8 Å². The summed E-state index contributed by atoms with van der Waals surface area (Å²) < 4.78 is 2.14. The van der Waals surface area contributed by atoms with E-state index in [9.17, 15) is 9.59 Å². The molecule has 3 aromatic rings. The second kappa shape index (κ2) is 8.53. The number of carbonyl (C=O) groups excluding carboxylic acids is 2. The van der Waals surface area contributed by atoms with Crippen LogP contribution in [0.4, 0.5) is 5.69 Å². The summed E-state index contributed by atoms with van der Waals surface area (Å²) in [6.07, 6.45) is 3.30. The number of carbonyl (C=O) groups is 2. The third-order valence-corrected chi connectivity index (χ3v) is 5.40. The Bertz CT molecular complexity index is 1040. The molecule has 1 saturated heterocycles. The van der Waals surface area contributed by atoms with Crippen LogP contribution in [0, 0.1) is 0 Å². The number of aromatic nitrogens is 2. The molecule has 2 aromatic carbocycles. The molecule has 0 aliphatic carbocycles. The third kappa shape index (κ3) is 3.99. The van der Waals surface area contributed by atoms with E-state index in [-0.39, 0.29) is 17.9 Å². The highest BCUT2D eigenvalue weighted by Gasteiger charge is 2.32. The number of nitrogens with one attached hydrogen (secondary N) is 1. The smallest absolute Gasteiger partial charge is 0.224 e. The normalized spacial score (nSPS) is 16.1. The Labute approximate surface area is 176 Å². The van der Waals surface area contributed by atoms with E-state index >= 15 is 0 Å². The fourth-order valence-electron chi connectivity index (χ4n) is 4.07. The summed E-state index contributed by atoms with van der Waals surface area (Å²) in [6.45, 7) is 5.08. The third-order valence-electron chi connectivity index (χ3n) is 5.40. The highest BCUT2D eigenvalue weighted by molar-refractivity contribution is 5.89. The fraction of sp³-hybridized carbons (Fsp3) is 0.292. The molecule has 0 saturated carbocycles. The fourth-order valence-corrected chi connectivity index (χ4v) is 4.07. The molecule has 1 unspecified atom stereocenters. The molecule has 0 spiro atoms. The second-order valence-electron chi connectivity index (χ2n) is 7.67. The van der Waals surface area contributed by atoms with Crippen molar-refractivity contribution in [3.05, 3.63) is 60.9 Å². The van der Waals surface area contributed by atoms with Crippen LogP contribution in [0.2, 0.25) is 0 Å². The Morgan fingerprint density at radius 3 is 2.50 bits per heavy atom. The maximum Gasteiger partial charge on any atom is 0.224 e. The maximum absolute atomic E-state index is 12.5. The molecular formula is C24H26N4O2. The quantitative estimate of drug-likeness (QED) is 0.666. The van der Waals surface area contributed by atoms with Crippen LogP contribution < -0.4 is 5.32 Å². The van der Waals surface area contributed by atoms with Crippen LogP contribution in [-0.4, -0.2) is 39.4 Å². The van der Waals surface area contributed by atoms with Crippen LogP contribution in [0.5, 0.6) is 0 Å². The van der Waals surface area contributed by atoms with E-state index in [0.717, 1.165) is 41.2 Å². The minimum absolute atomic E-state index is 0.0547. The van der Waals surface area contributed by atoms with Gasteiger partial charge in [-0.2, -0.15) is 0 Å². The van der Waals surface area contributed by atoms with Crippen molar-refractivity contribution < 1.29 is 9.59 Å². The van der Waals surface area contributed by atoms with Gasteiger partial charge in [-0.3, -0.25) is 9.59 Å². The first-order valence-electron chi connectivity index (χ1n) is 10.3. The summed E-state index contributed by atoms with van der Waals surface area (Å²) in [5.41, 5.74) is 4.67. The molecule has 0 bridgehead atoms. The first kappa shape index (κ1) is 19.9. The molecule has 1 aliphatic rings. The lowest BCUT2D eigenvalue weighted by atomic mass is 10.0. The van der Waals surface area contributed by atoms with Crippen LogP contribution in [0.15, 0.2) is 60.9 Å². The zero-order valence-electron chi connectivity index (χ0n) is 17.3. The average Bonchev–Trinajstić information content (AvgIpc) is 3.33. The largest absolute Gasteiger partial charge is 0.341 e. The lowest BCUT2D eigenvalue weighted by molar-refractivity contribution is -0.127. The van der Waals surface area contributed by atoms with Gasteiger partial charge in [0.15, 0.2) is 0 Å². The zero-order chi connectivity index (χ0) is 21.1. The Kier molecular flexibility index (Phi) is 5.65. The molecule has 1 atom stereocenters. The number of amides is 2. The van der Waals surface area contributed by atoms with E-state index in [4.69, 9.17) is 4.98 Å². The van der Waals surface area contributed by atoms with Crippen molar-refractivity contribution in [1.82, 2.24) is 14.5 Å². The predicted octanol–water partition coefficient (Wildman–Crippen LogP) is 4.36. The van der Waals surface area contributed by atoms with Gasteiger partial charge in [-0.25, -0.2) is 4.98 Å². The molecule has 4 rings (SSSR count). The Hall–Kier alpha value is -3.41.